The van der Waals surface area contributed by atoms with Crippen LogP contribution in [-0.2, 0) is 0 Å². The van der Waals surface area contributed by atoms with Crippen LogP contribution < -0.4 is 11.1 Å². The number of hydrogen-bond acceptors (Lipinski definition) is 4. The van der Waals surface area contributed by atoms with Crippen molar-refractivity contribution < 1.29 is 4.39 Å². The summed E-state index contributed by atoms with van der Waals surface area (Å²) in [6.07, 6.45) is 0. The first-order valence-electron chi connectivity index (χ1n) is 6.17. The summed E-state index contributed by atoms with van der Waals surface area (Å²) in [7, 11) is 0. The van der Waals surface area contributed by atoms with Gasteiger partial charge in [0.25, 0.3) is 0 Å². The minimum atomic E-state index is -0.316. The Morgan fingerprint density at radius 3 is 2.37 bits per heavy atom. The number of halogens is 1. The second kappa shape index (κ2) is 5.75. The van der Waals surface area contributed by atoms with Crippen LogP contribution in [0.15, 0.2) is 24.3 Å². The summed E-state index contributed by atoms with van der Waals surface area (Å²) in [5.74, 6) is 0.0929. The van der Waals surface area contributed by atoms with Crippen LogP contribution in [0.3, 0.4) is 0 Å². The predicted molar refractivity (Wildman–Crippen MR) is 74.4 cm³/mol. The molecular weight excluding hydrogens is 243 g/mol. The van der Waals surface area contributed by atoms with Crippen LogP contribution in [0, 0.1) is 19.7 Å². The Balaban J connectivity index is 2.43. The molecule has 0 aliphatic rings. The van der Waals surface area contributed by atoms with Crippen LogP contribution in [-0.4, -0.2) is 23.1 Å². The Morgan fingerprint density at radius 2 is 1.79 bits per heavy atom. The molecule has 0 saturated carbocycles. The van der Waals surface area contributed by atoms with E-state index in [1.807, 2.05) is 13.8 Å². The fourth-order valence-electron chi connectivity index (χ4n) is 1.93. The topological polar surface area (TPSA) is 63.8 Å². The van der Waals surface area contributed by atoms with E-state index in [1.165, 1.54) is 6.07 Å². The van der Waals surface area contributed by atoms with Crippen molar-refractivity contribution in [1.29, 1.82) is 0 Å². The van der Waals surface area contributed by atoms with Crippen LogP contribution in [0.1, 0.15) is 11.4 Å². The minimum absolute atomic E-state index is 0.316. The molecule has 0 saturated heterocycles. The lowest BCUT2D eigenvalue weighted by molar-refractivity contribution is 0.630. The summed E-state index contributed by atoms with van der Waals surface area (Å²) in [4.78, 5) is 8.73. The number of anilines is 1. The first kappa shape index (κ1) is 13.4. The zero-order valence-corrected chi connectivity index (χ0v) is 11.1. The fraction of sp³-hybridized carbons (Fsp3) is 0.286. The summed E-state index contributed by atoms with van der Waals surface area (Å²) in [6.45, 7) is 4.94. The van der Waals surface area contributed by atoms with Crippen molar-refractivity contribution in [3.8, 4) is 11.4 Å². The molecule has 5 heteroatoms. The van der Waals surface area contributed by atoms with Crippen molar-refractivity contribution in [2.45, 2.75) is 13.8 Å². The van der Waals surface area contributed by atoms with Crippen molar-refractivity contribution >= 4 is 5.69 Å². The van der Waals surface area contributed by atoms with E-state index in [-0.39, 0.29) is 5.82 Å². The highest BCUT2D eigenvalue weighted by atomic mass is 19.1. The molecule has 0 bridgehead atoms. The third-order valence-corrected chi connectivity index (χ3v) is 2.83. The summed E-state index contributed by atoms with van der Waals surface area (Å²) < 4.78 is 13.7. The molecule has 0 aliphatic heterocycles. The molecule has 0 unspecified atom stereocenters. The van der Waals surface area contributed by atoms with Gasteiger partial charge in [0.15, 0.2) is 5.82 Å². The summed E-state index contributed by atoms with van der Waals surface area (Å²) >= 11 is 0. The highest BCUT2D eigenvalue weighted by molar-refractivity contribution is 5.60. The maximum atomic E-state index is 13.7. The van der Waals surface area contributed by atoms with Crippen LogP contribution >= 0.6 is 0 Å². The average molecular weight is 260 g/mol. The van der Waals surface area contributed by atoms with Gasteiger partial charge in [0.05, 0.1) is 22.6 Å². The van der Waals surface area contributed by atoms with Crippen molar-refractivity contribution in [2.24, 2.45) is 5.73 Å². The van der Waals surface area contributed by atoms with Crippen molar-refractivity contribution in [3.05, 3.63) is 41.5 Å². The Hall–Kier alpha value is -2.01. The van der Waals surface area contributed by atoms with Gasteiger partial charge in [-0.25, -0.2) is 14.4 Å². The fourth-order valence-corrected chi connectivity index (χ4v) is 1.93. The largest absolute Gasteiger partial charge is 0.381 e. The number of rotatable bonds is 4. The molecule has 100 valence electrons. The SMILES string of the molecule is Cc1nc(-c2ccccc2F)nc(C)c1NCCN. The van der Waals surface area contributed by atoms with Gasteiger partial charge in [0.2, 0.25) is 0 Å². The number of aromatic nitrogens is 2. The monoisotopic (exact) mass is 260 g/mol. The molecule has 0 radical (unpaired) electrons. The Kier molecular flexibility index (Phi) is 4.06. The van der Waals surface area contributed by atoms with Crippen LogP contribution in [0.4, 0.5) is 10.1 Å². The Morgan fingerprint density at radius 1 is 1.16 bits per heavy atom. The van der Waals surface area contributed by atoms with E-state index in [0.29, 0.717) is 24.5 Å². The lowest BCUT2D eigenvalue weighted by Crippen LogP contribution is -2.15. The quantitative estimate of drug-likeness (QED) is 0.885. The van der Waals surface area contributed by atoms with E-state index in [9.17, 15) is 4.39 Å². The Bertz CT molecular complexity index is 560. The van der Waals surface area contributed by atoms with Gasteiger partial charge in [0.1, 0.15) is 5.82 Å². The van der Waals surface area contributed by atoms with E-state index < -0.39 is 0 Å². The normalized spacial score (nSPS) is 10.5. The van der Waals surface area contributed by atoms with Crippen molar-refractivity contribution in [3.63, 3.8) is 0 Å². The van der Waals surface area contributed by atoms with Crippen molar-refractivity contribution in [2.75, 3.05) is 18.4 Å². The molecule has 2 aromatic rings. The van der Waals surface area contributed by atoms with Gasteiger partial charge >= 0.3 is 0 Å². The zero-order chi connectivity index (χ0) is 13.8. The second-order valence-electron chi connectivity index (χ2n) is 4.29. The molecule has 1 aromatic heterocycles. The van der Waals surface area contributed by atoms with Gasteiger partial charge in [-0.2, -0.15) is 0 Å². The molecule has 2 rings (SSSR count). The Labute approximate surface area is 111 Å². The third-order valence-electron chi connectivity index (χ3n) is 2.83. The molecule has 1 heterocycles. The van der Waals surface area contributed by atoms with E-state index in [0.717, 1.165) is 17.1 Å². The number of benzene rings is 1. The highest BCUT2D eigenvalue weighted by Crippen LogP contribution is 2.23. The molecular formula is C14H17FN4. The first-order valence-corrected chi connectivity index (χ1v) is 6.17. The third kappa shape index (κ3) is 2.88. The number of nitrogens with zero attached hydrogens (tertiary/aromatic N) is 2. The standard InChI is InChI=1S/C14H17FN4/c1-9-13(17-8-7-16)10(2)19-14(18-9)11-5-3-4-6-12(11)15/h3-6,17H,7-8,16H2,1-2H3. The van der Waals surface area contributed by atoms with Gasteiger partial charge in [-0.1, -0.05) is 12.1 Å². The molecule has 4 nitrogen and oxygen atoms in total. The van der Waals surface area contributed by atoms with Gasteiger partial charge in [0, 0.05) is 13.1 Å². The minimum Gasteiger partial charge on any atom is -0.381 e. The van der Waals surface area contributed by atoms with Crippen molar-refractivity contribution in [1.82, 2.24) is 9.97 Å². The lowest BCUT2D eigenvalue weighted by atomic mass is 10.2. The van der Waals surface area contributed by atoms with Crippen LogP contribution in [0.5, 0.6) is 0 Å². The van der Waals surface area contributed by atoms with E-state index >= 15 is 0 Å². The molecule has 0 fully saturated rings. The van der Waals surface area contributed by atoms with Gasteiger partial charge in [-0.15, -0.1) is 0 Å². The summed E-state index contributed by atoms with van der Waals surface area (Å²) in [6, 6.07) is 6.50. The smallest absolute Gasteiger partial charge is 0.162 e. The highest BCUT2D eigenvalue weighted by Gasteiger charge is 2.12. The number of nitrogens with one attached hydrogen (secondary N) is 1. The lowest BCUT2D eigenvalue weighted by Gasteiger charge is -2.12. The molecule has 3 N–H and O–H groups in total. The van der Waals surface area contributed by atoms with Gasteiger partial charge < -0.3 is 11.1 Å². The second-order valence-corrected chi connectivity index (χ2v) is 4.29. The molecule has 0 atom stereocenters. The molecule has 0 spiro atoms. The number of hydrogen-bond donors (Lipinski definition) is 2. The number of aryl methyl sites for hydroxylation is 2. The maximum absolute atomic E-state index is 13.7. The molecule has 19 heavy (non-hydrogen) atoms. The first-order chi connectivity index (χ1) is 9.13. The van der Waals surface area contributed by atoms with E-state index in [1.54, 1.807) is 18.2 Å². The predicted octanol–water partition coefficient (Wildman–Crippen LogP) is 2.27. The summed E-state index contributed by atoms with van der Waals surface area (Å²) in [5.41, 5.74) is 8.33. The molecule has 0 amide bonds. The van der Waals surface area contributed by atoms with Crippen LogP contribution in [0.2, 0.25) is 0 Å². The van der Waals surface area contributed by atoms with E-state index in [2.05, 4.69) is 15.3 Å². The average Bonchev–Trinajstić information content (AvgIpc) is 2.38. The van der Waals surface area contributed by atoms with Gasteiger partial charge in [-0.05, 0) is 26.0 Å². The van der Waals surface area contributed by atoms with E-state index in [4.69, 9.17) is 5.73 Å². The molecule has 0 aliphatic carbocycles. The summed E-state index contributed by atoms with van der Waals surface area (Å²) in [5, 5.41) is 3.18. The maximum Gasteiger partial charge on any atom is 0.162 e. The van der Waals surface area contributed by atoms with Gasteiger partial charge in [-0.3, -0.25) is 0 Å². The molecule has 1 aromatic carbocycles. The zero-order valence-electron chi connectivity index (χ0n) is 11.1. The van der Waals surface area contributed by atoms with Crippen LogP contribution in [0.25, 0.3) is 11.4 Å². The number of nitrogens with two attached hydrogens (primary N) is 1.